The summed E-state index contributed by atoms with van der Waals surface area (Å²) < 4.78 is 6.20. The van der Waals surface area contributed by atoms with Crippen molar-refractivity contribution < 1.29 is 14.1 Å². The number of nitrogens with zero attached hydrogens (tertiary/aromatic N) is 6. The highest BCUT2D eigenvalue weighted by molar-refractivity contribution is 9.10. The third-order valence-electron chi connectivity index (χ3n) is 5.56. The van der Waals surface area contributed by atoms with E-state index in [0.717, 1.165) is 15.6 Å². The van der Waals surface area contributed by atoms with Gasteiger partial charge in [-0.05, 0) is 35.7 Å². The first-order chi connectivity index (χ1) is 15.4. The Labute approximate surface area is 192 Å². The van der Waals surface area contributed by atoms with Gasteiger partial charge in [-0.2, -0.15) is 10.1 Å². The van der Waals surface area contributed by atoms with E-state index in [4.69, 9.17) is 4.52 Å². The second-order valence-electron chi connectivity index (χ2n) is 7.94. The van der Waals surface area contributed by atoms with Crippen LogP contribution in [0, 0.1) is 0 Å². The zero-order valence-corrected chi connectivity index (χ0v) is 18.9. The molecule has 0 radical (unpaired) electrons. The van der Waals surface area contributed by atoms with Crippen LogP contribution in [0.2, 0.25) is 0 Å². The van der Waals surface area contributed by atoms with Crippen molar-refractivity contribution in [3.8, 4) is 11.4 Å². The smallest absolute Gasteiger partial charge is 0.263 e. The number of fused-ring (bicyclic) bond motifs is 1. The lowest BCUT2D eigenvalue weighted by Crippen LogP contribution is -2.39. The van der Waals surface area contributed by atoms with Crippen LogP contribution in [-0.4, -0.2) is 39.0 Å². The molecule has 1 fully saturated rings. The van der Waals surface area contributed by atoms with Gasteiger partial charge in [-0.15, -0.1) is 0 Å². The first-order valence-electron chi connectivity index (χ1n) is 10.2. The summed E-state index contributed by atoms with van der Waals surface area (Å²) in [6.45, 7) is 4.24. The largest absolute Gasteiger partial charge is 0.337 e. The van der Waals surface area contributed by atoms with Gasteiger partial charge in [0.25, 0.3) is 11.8 Å². The lowest BCUT2D eigenvalue weighted by atomic mass is 10.0. The summed E-state index contributed by atoms with van der Waals surface area (Å²) in [4.78, 5) is 31.7. The highest BCUT2D eigenvalue weighted by Crippen LogP contribution is 2.33. The zero-order valence-electron chi connectivity index (χ0n) is 17.3. The van der Waals surface area contributed by atoms with Crippen LogP contribution in [0.4, 0.5) is 5.69 Å². The third kappa shape index (κ3) is 3.40. The Balaban J connectivity index is 1.35. The Hall–Kier alpha value is -3.40. The minimum absolute atomic E-state index is 0.0707. The predicted octanol–water partition coefficient (Wildman–Crippen LogP) is 4.12. The summed E-state index contributed by atoms with van der Waals surface area (Å²) >= 11 is 3.47. The SMILES string of the molecule is CC(C)c1ccc(N2C(=O)[C@H]3N=NN(Cc4nc(-c5ccccc5Br)no4)[C@H]3C2=O)cc1. The molecule has 5 rings (SSSR count). The highest BCUT2D eigenvalue weighted by atomic mass is 79.9. The molecule has 0 bridgehead atoms. The maximum atomic E-state index is 13.2. The number of carbonyl (C=O) groups is 2. The Morgan fingerprint density at radius 1 is 1.06 bits per heavy atom. The second kappa shape index (κ2) is 7.94. The van der Waals surface area contributed by atoms with E-state index in [1.807, 2.05) is 36.4 Å². The van der Waals surface area contributed by atoms with Crippen molar-refractivity contribution in [1.29, 1.82) is 0 Å². The van der Waals surface area contributed by atoms with Crippen LogP contribution in [0.3, 0.4) is 0 Å². The second-order valence-corrected chi connectivity index (χ2v) is 8.80. The average molecular weight is 495 g/mol. The first kappa shape index (κ1) is 20.5. The van der Waals surface area contributed by atoms with Gasteiger partial charge in [0.2, 0.25) is 11.7 Å². The maximum absolute atomic E-state index is 13.2. The molecule has 0 aliphatic carbocycles. The van der Waals surface area contributed by atoms with E-state index in [2.05, 4.69) is 50.3 Å². The number of imide groups is 1. The first-order valence-corrected chi connectivity index (χ1v) is 11.0. The molecule has 2 atom stereocenters. The fourth-order valence-corrected chi connectivity index (χ4v) is 4.29. The van der Waals surface area contributed by atoms with E-state index in [0.29, 0.717) is 17.4 Å². The molecular weight excluding hydrogens is 476 g/mol. The maximum Gasteiger partial charge on any atom is 0.263 e. The van der Waals surface area contributed by atoms with Crippen molar-refractivity contribution in [2.45, 2.75) is 38.4 Å². The average Bonchev–Trinajstić information content (AvgIpc) is 3.47. The van der Waals surface area contributed by atoms with Gasteiger partial charge in [0.15, 0.2) is 12.1 Å². The number of rotatable bonds is 5. The van der Waals surface area contributed by atoms with Gasteiger partial charge in [-0.3, -0.25) is 14.6 Å². The molecule has 0 unspecified atom stereocenters. The van der Waals surface area contributed by atoms with Crippen molar-refractivity contribution >= 4 is 33.4 Å². The van der Waals surface area contributed by atoms with Gasteiger partial charge < -0.3 is 4.52 Å². The number of amides is 2. The Morgan fingerprint density at radius 3 is 2.53 bits per heavy atom. The lowest BCUT2D eigenvalue weighted by molar-refractivity contribution is -0.123. The normalized spacial score (nSPS) is 20.0. The van der Waals surface area contributed by atoms with Gasteiger partial charge in [-0.25, -0.2) is 4.90 Å². The molecule has 3 heterocycles. The van der Waals surface area contributed by atoms with E-state index in [9.17, 15) is 9.59 Å². The number of anilines is 1. The van der Waals surface area contributed by atoms with Gasteiger partial charge in [0.05, 0.1) is 5.69 Å². The van der Waals surface area contributed by atoms with E-state index >= 15 is 0 Å². The van der Waals surface area contributed by atoms with Gasteiger partial charge in [0.1, 0.15) is 6.54 Å². The van der Waals surface area contributed by atoms with Crippen LogP contribution in [0.25, 0.3) is 11.4 Å². The molecule has 2 aliphatic heterocycles. The molecule has 0 saturated carbocycles. The van der Waals surface area contributed by atoms with Crippen LogP contribution in [0.5, 0.6) is 0 Å². The molecule has 2 aromatic carbocycles. The van der Waals surface area contributed by atoms with Gasteiger partial charge in [-0.1, -0.05) is 64.4 Å². The van der Waals surface area contributed by atoms with Crippen LogP contribution >= 0.6 is 15.9 Å². The fraction of sp³-hybridized carbons (Fsp3) is 0.273. The van der Waals surface area contributed by atoms with Crippen LogP contribution in [-0.2, 0) is 16.1 Å². The molecule has 2 amide bonds. The number of hydrogen-bond acceptors (Lipinski definition) is 8. The van der Waals surface area contributed by atoms with Crippen molar-refractivity contribution in [1.82, 2.24) is 15.1 Å². The molecule has 1 aromatic heterocycles. The third-order valence-corrected chi connectivity index (χ3v) is 6.25. The van der Waals surface area contributed by atoms with Gasteiger partial charge >= 0.3 is 0 Å². The number of hydrogen-bond donors (Lipinski definition) is 0. The van der Waals surface area contributed by atoms with Crippen LogP contribution < -0.4 is 4.90 Å². The molecule has 10 heteroatoms. The molecule has 32 heavy (non-hydrogen) atoms. The van der Waals surface area contributed by atoms with Gasteiger partial charge in [0, 0.05) is 10.0 Å². The van der Waals surface area contributed by atoms with Crippen molar-refractivity contribution in [3.63, 3.8) is 0 Å². The number of aromatic nitrogens is 2. The van der Waals surface area contributed by atoms with E-state index in [1.165, 1.54) is 9.91 Å². The van der Waals surface area contributed by atoms with Crippen LogP contribution in [0.15, 0.2) is 67.9 Å². The monoisotopic (exact) mass is 494 g/mol. The standard InChI is InChI=1S/C22H19BrN6O3/c1-12(2)13-7-9-14(10-8-13)29-21(30)18-19(22(29)31)28(27-25-18)11-17-24-20(26-32-17)15-5-3-4-6-16(15)23/h3-10,12,18-19H,11H2,1-2H3/t18-,19+/m0/s1. The minimum Gasteiger partial charge on any atom is -0.337 e. The summed E-state index contributed by atoms with van der Waals surface area (Å²) in [6.07, 6.45) is 0. The molecule has 0 N–H and O–H groups in total. The van der Waals surface area contributed by atoms with Crippen molar-refractivity contribution in [3.05, 3.63) is 64.5 Å². The summed E-state index contributed by atoms with van der Waals surface area (Å²) in [5.41, 5.74) is 2.45. The van der Waals surface area contributed by atoms with E-state index in [1.54, 1.807) is 12.1 Å². The minimum atomic E-state index is -0.877. The predicted molar refractivity (Wildman–Crippen MR) is 118 cm³/mol. The molecule has 9 nitrogen and oxygen atoms in total. The van der Waals surface area contributed by atoms with E-state index < -0.39 is 12.1 Å². The number of halogens is 1. The summed E-state index contributed by atoms with van der Waals surface area (Å²) in [5, 5.41) is 13.5. The molecule has 0 spiro atoms. The summed E-state index contributed by atoms with van der Waals surface area (Å²) in [5.74, 6) is 0.292. The zero-order chi connectivity index (χ0) is 22.4. The fourth-order valence-electron chi connectivity index (χ4n) is 3.83. The van der Waals surface area contributed by atoms with E-state index in [-0.39, 0.29) is 24.2 Å². The molecule has 1 saturated heterocycles. The summed E-state index contributed by atoms with van der Waals surface area (Å²) in [7, 11) is 0. The highest BCUT2D eigenvalue weighted by Gasteiger charge is 2.55. The topological polar surface area (TPSA) is 104 Å². The van der Waals surface area contributed by atoms with Crippen molar-refractivity contribution in [2.75, 3.05) is 4.90 Å². The Kier molecular flexibility index (Phi) is 5.09. The Bertz CT molecular complexity index is 1220. The Morgan fingerprint density at radius 2 is 1.81 bits per heavy atom. The molecular formula is C22H19BrN6O3. The molecule has 2 aliphatic rings. The van der Waals surface area contributed by atoms with Crippen molar-refractivity contribution in [2.24, 2.45) is 10.3 Å². The summed E-state index contributed by atoms with van der Waals surface area (Å²) in [6, 6.07) is 13.2. The molecule has 162 valence electrons. The number of benzene rings is 2. The lowest BCUT2D eigenvalue weighted by Gasteiger charge is -2.19. The number of carbonyl (C=O) groups excluding carboxylic acids is 2. The quantitative estimate of drug-likeness (QED) is 0.494. The van der Waals surface area contributed by atoms with Crippen LogP contribution in [0.1, 0.15) is 31.2 Å². The molecule has 3 aromatic rings.